The van der Waals surface area contributed by atoms with Crippen molar-refractivity contribution in [3.63, 3.8) is 0 Å². The van der Waals surface area contributed by atoms with E-state index >= 15 is 0 Å². The second-order valence-corrected chi connectivity index (χ2v) is 6.45. The molecule has 0 saturated heterocycles. The second-order valence-electron chi connectivity index (χ2n) is 6.04. The van der Waals surface area contributed by atoms with Crippen LogP contribution < -0.4 is 5.32 Å². The van der Waals surface area contributed by atoms with Gasteiger partial charge in [-0.2, -0.15) is 10.1 Å². The quantitative estimate of drug-likeness (QED) is 0.761. The highest BCUT2D eigenvalue weighted by atomic mass is 35.5. The Kier molecular flexibility index (Phi) is 4.99. The molecule has 1 atom stereocenters. The summed E-state index contributed by atoms with van der Waals surface area (Å²) >= 11 is 6.19. The summed E-state index contributed by atoms with van der Waals surface area (Å²) in [5.41, 5.74) is 3.78. The van der Waals surface area contributed by atoms with Crippen LogP contribution in [0.5, 0.6) is 0 Å². The van der Waals surface area contributed by atoms with Crippen LogP contribution in [0.25, 0.3) is 5.78 Å². The number of nitrogens with one attached hydrogen (secondary N) is 1. The van der Waals surface area contributed by atoms with Gasteiger partial charge >= 0.3 is 0 Å². The summed E-state index contributed by atoms with van der Waals surface area (Å²) in [6.45, 7) is 5.83. The number of carbonyl (C=O) groups is 1. The van der Waals surface area contributed by atoms with Gasteiger partial charge in [0.15, 0.2) is 0 Å². The molecule has 1 N–H and O–H groups in total. The summed E-state index contributed by atoms with van der Waals surface area (Å²) < 4.78 is 1.70. The van der Waals surface area contributed by atoms with Crippen molar-refractivity contribution in [2.24, 2.45) is 0 Å². The molecule has 0 aliphatic heterocycles. The fraction of sp³-hybridized carbons (Fsp3) is 0.333. The van der Waals surface area contributed by atoms with Gasteiger partial charge in [0.1, 0.15) is 6.33 Å². The highest BCUT2D eigenvalue weighted by Gasteiger charge is 2.15. The lowest BCUT2D eigenvalue weighted by molar-refractivity contribution is -0.121. The van der Waals surface area contributed by atoms with Crippen molar-refractivity contribution in [2.75, 3.05) is 0 Å². The van der Waals surface area contributed by atoms with Gasteiger partial charge in [0.2, 0.25) is 5.91 Å². The number of aromatic nitrogens is 4. The maximum Gasteiger partial charge on any atom is 0.252 e. The second kappa shape index (κ2) is 7.19. The summed E-state index contributed by atoms with van der Waals surface area (Å²) in [6, 6.07) is 7.39. The fourth-order valence-corrected chi connectivity index (χ4v) is 3.27. The molecule has 0 spiro atoms. The molecule has 0 aliphatic rings. The number of nitrogens with zero attached hydrogens (tertiary/aromatic N) is 4. The molecule has 0 saturated carbocycles. The van der Waals surface area contributed by atoms with E-state index in [1.165, 1.54) is 6.33 Å². The monoisotopic (exact) mass is 357 g/mol. The Morgan fingerprint density at radius 3 is 2.84 bits per heavy atom. The minimum Gasteiger partial charge on any atom is -0.350 e. The van der Waals surface area contributed by atoms with Gasteiger partial charge in [-0.3, -0.25) is 4.79 Å². The molecule has 3 aromatic rings. The molecule has 0 unspecified atom stereocenters. The van der Waals surface area contributed by atoms with Crippen LogP contribution in [-0.2, 0) is 11.2 Å². The first kappa shape index (κ1) is 17.4. The molecule has 1 aromatic carbocycles. The first-order valence-corrected chi connectivity index (χ1v) is 8.54. The van der Waals surface area contributed by atoms with Crippen LogP contribution in [-0.4, -0.2) is 25.5 Å². The van der Waals surface area contributed by atoms with Crippen molar-refractivity contribution in [3.05, 3.63) is 58.1 Å². The Labute approximate surface area is 151 Å². The van der Waals surface area contributed by atoms with Crippen molar-refractivity contribution < 1.29 is 4.79 Å². The van der Waals surface area contributed by atoms with E-state index in [2.05, 4.69) is 20.4 Å². The van der Waals surface area contributed by atoms with E-state index in [1.807, 2.05) is 45.0 Å². The first-order chi connectivity index (χ1) is 12.0. The number of aryl methyl sites for hydroxylation is 2. The number of halogens is 1. The minimum atomic E-state index is -0.140. The van der Waals surface area contributed by atoms with Crippen molar-refractivity contribution in [2.45, 2.75) is 39.7 Å². The Morgan fingerprint density at radius 2 is 2.08 bits per heavy atom. The average molecular weight is 358 g/mol. The number of hydrogen-bond acceptors (Lipinski definition) is 4. The molecule has 0 radical (unpaired) electrons. The molecule has 130 valence electrons. The van der Waals surface area contributed by atoms with Crippen molar-refractivity contribution in [1.82, 2.24) is 24.9 Å². The van der Waals surface area contributed by atoms with Crippen molar-refractivity contribution >= 4 is 23.3 Å². The maximum atomic E-state index is 12.3. The normalized spacial score (nSPS) is 12.3. The van der Waals surface area contributed by atoms with Crippen molar-refractivity contribution in [1.29, 1.82) is 0 Å². The zero-order chi connectivity index (χ0) is 18.0. The number of carbonyl (C=O) groups excluding carboxylic acids is 1. The number of fused-ring (bicyclic) bond motifs is 1. The molecule has 3 rings (SSSR count). The van der Waals surface area contributed by atoms with E-state index < -0.39 is 0 Å². The van der Waals surface area contributed by atoms with E-state index in [9.17, 15) is 4.79 Å². The molecule has 2 heterocycles. The summed E-state index contributed by atoms with van der Waals surface area (Å²) in [4.78, 5) is 20.9. The smallest absolute Gasteiger partial charge is 0.252 e. The highest BCUT2D eigenvalue weighted by Crippen LogP contribution is 2.22. The zero-order valence-corrected chi connectivity index (χ0v) is 15.2. The number of hydrogen-bond donors (Lipinski definition) is 1. The zero-order valence-electron chi connectivity index (χ0n) is 14.5. The van der Waals surface area contributed by atoms with E-state index in [-0.39, 0.29) is 11.9 Å². The van der Waals surface area contributed by atoms with Crippen LogP contribution in [0.2, 0.25) is 5.02 Å². The Hall–Kier alpha value is -2.47. The van der Waals surface area contributed by atoms with Gasteiger partial charge in [0.25, 0.3) is 5.78 Å². The van der Waals surface area contributed by atoms with Gasteiger partial charge < -0.3 is 5.32 Å². The van der Waals surface area contributed by atoms with Crippen LogP contribution in [0.4, 0.5) is 0 Å². The summed E-state index contributed by atoms with van der Waals surface area (Å²) in [5.74, 6) is 0.556. The SMILES string of the molecule is Cc1nc2ncnn2c(C)c1CCC(=O)N[C@H](C)c1ccccc1Cl. The van der Waals surface area contributed by atoms with Gasteiger partial charge in [-0.1, -0.05) is 29.8 Å². The third-order valence-corrected chi connectivity index (χ3v) is 4.68. The Balaban J connectivity index is 1.68. The molecule has 7 heteroatoms. The molecule has 2 aromatic heterocycles. The first-order valence-electron chi connectivity index (χ1n) is 8.17. The lowest BCUT2D eigenvalue weighted by atomic mass is 10.1. The molecule has 0 bridgehead atoms. The third kappa shape index (κ3) is 3.64. The van der Waals surface area contributed by atoms with Gasteiger partial charge in [-0.25, -0.2) is 9.50 Å². The van der Waals surface area contributed by atoms with Crippen LogP contribution in [0.3, 0.4) is 0 Å². The molecule has 0 fully saturated rings. The fourth-order valence-electron chi connectivity index (χ4n) is 2.97. The van der Waals surface area contributed by atoms with E-state index in [4.69, 9.17) is 11.6 Å². The highest BCUT2D eigenvalue weighted by molar-refractivity contribution is 6.31. The summed E-state index contributed by atoms with van der Waals surface area (Å²) in [6.07, 6.45) is 2.45. The Morgan fingerprint density at radius 1 is 1.32 bits per heavy atom. The molecular formula is C18H20ClN5O. The summed E-state index contributed by atoms with van der Waals surface area (Å²) in [5, 5.41) is 7.83. The largest absolute Gasteiger partial charge is 0.350 e. The van der Waals surface area contributed by atoms with Gasteiger partial charge in [0.05, 0.1) is 6.04 Å². The predicted molar refractivity (Wildman–Crippen MR) is 96.6 cm³/mol. The maximum absolute atomic E-state index is 12.3. The van der Waals surface area contributed by atoms with Crippen LogP contribution in [0.1, 0.15) is 41.9 Å². The molecular weight excluding hydrogens is 338 g/mol. The molecule has 0 aliphatic carbocycles. The van der Waals surface area contributed by atoms with Crippen LogP contribution in [0, 0.1) is 13.8 Å². The van der Waals surface area contributed by atoms with E-state index in [0.29, 0.717) is 23.6 Å². The number of benzene rings is 1. The lowest BCUT2D eigenvalue weighted by Gasteiger charge is -2.16. The molecule has 25 heavy (non-hydrogen) atoms. The van der Waals surface area contributed by atoms with Gasteiger partial charge in [-0.15, -0.1) is 0 Å². The standard InChI is InChI=1S/C18H20ClN5O/c1-11-14(13(3)24-18(23-11)20-10-21-24)8-9-17(25)22-12(2)15-6-4-5-7-16(15)19/h4-7,10,12H,8-9H2,1-3H3,(H,22,25)/t12-/m1/s1. The van der Waals surface area contributed by atoms with E-state index in [0.717, 1.165) is 22.5 Å². The molecule has 1 amide bonds. The topological polar surface area (TPSA) is 72.2 Å². The van der Waals surface area contributed by atoms with Gasteiger partial charge in [-0.05, 0) is 44.4 Å². The molecule has 6 nitrogen and oxygen atoms in total. The van der Waals surface area contributed by atoms with Crippen LogP contribution in [0.15, 0.2) is 30.6 Å². The number of amides is 1. The summed E-state index contributed by atoms with van der Waals surface area (Å²) in [7, 11) is 0. The minimum absolute atomic E-state index is 0.0232. The van der Waals surface area contributed by atoms with E-state index in [1.54, 1.807) is 4.52 Å². The van der Waals surface area contributed by atoms with Crippen molar-refractivity contribution in [3.8, 4) is 0 Å². The van der Waals surface area contributed by atoms with Gasteiger partial charge in [0, 0.05) is 22.8 Å². The Bertz CT molecular complexity index is 921. The third-order valence-electron chi connectivity index (χ3n) is 4.34. The lowest BCUT2D eigenvalue weighted by Crippen LogP contribution is -2.27. The van der Waals surface area contributed by atoms with Crippen LogP contribution >= 0.6 is 11.6 Å². The average Bonchev–Trinajstić information content (AvgIpc) is 3.03. The predicted octanol–water partition coefficient (Wildman–Crippen LogP) is 3.20. The number of rotatable bonds is 5.